The van der Waals surface area contributed by atoms with Crippen molar-refractivity contribution in [1.82, 2.24) is 14.5 Å². The van der Waals surface area contributed by atoms with Crippen LogP contribution < -0.4 is 4.90 Å². The average molecular weight is 288 g/mol. The van der Waals surface area contributed by atoms with Crippen molar-refractivity contribution >= 4 is 22.8 Å². The second-order valence-corrected chi connectivity index (χ2v) is 5.70. The molecule has 0 aromatic carbocycles. The molecule has 1 fully saturated rings. The second-order valence-electron chi connectivity index (χ2n) is 5.70. The Kier molecular flexibility index (Phi) is 3.31. The number of nitrogens with zero attached hydrogens (tertiary/aromatic N) is 4. The Labute approximate surface area is 123 Å². The summed E-state index contributed by atoms with van der Waals surface area (Å²) in [5.74, 6) is -0.0574. The van der Waals surface area contributed by atoms with Gasteiger partial charge in [0, 0.05) is 19.8 Å². The van der Waals surface area contributed by atoms with E-state index in [1.54, 1.807) is 12.5 Å². The Balaban J connectivity index is 2.14. The number of imidazole rings is 1. The first kappa shape index (κ1) is 13.9. The Morgan fingerprint density at radius 2 is 2.29 bits per heavy atom. The molecule has 0 spiro atoms. The van der Waals surface area contributed by atoms with Crippen molar-refractivity contribution in [2.45, 2.75) is 38.1 Å². The molecule has 6 nitrogen and oxygen atoms in total. The maximum absolute atomic E-state index is 11.9. The summed E-state index contributed by atoms with van der Waals surface area (Å²) in [6.45, 7) is 2.74. The zero-order chi connectivity index (χ0) is 15.0. The number of aryl methyl sites for hydroxylation is 1. The molecule has 0 amide bonds. The molecule has 0 radical (unpaired) electrons. The molecule has 3 rings (SSSR count). The number of aliphatic carboxylic acids is 1. The van der Waals surface area contributed by atoms with Gasteiger partial charge in [0.05, 0.1) is 11.8 Å². The molecule has 0 aliphatic carbocycles. The molecule has 0 bridgehead atoms. The van der Waals surface area contributed by atoms with E-state index in [0.717, 1.165) is 30.4 Å². The number of anilines is 1. The lowest BCUT2D eigenvalue weighted by molar-refractivity contribution is -0.143. The lowest BCUT2D eigenvalue weighted by Crippen LogP contribution is -2.51. The van der Waals surface area contributed by atoms with E-state index >= 15 is 0 Å². The van der Waals surface area contributed by atoms with Crippen LogP contribution in [0.1, 0.15) is 32.6 Å². The molecule has 6 heteroatoms. The minimum atomic E-state index is -0.840. The van der Waals surface area contributed by atoms with Gasteiger partial charge in [-0.25, -0.2) is 14.8 Å². The van der Waals surface area contributed by atoms with E-state index in [4.69, 9.17) is 0 Å². The SMILES string of the molecule is CCCC1(C(=O)O)CCCN1c1nccc2c1ncn2C. The highest BCUT2D eigenvalue weighted by molar-refractivity contribution is 5.91. The van der Waals surface area contributed by atoms with Gasteiger partial charge in [0.1, 0.15) is 11.1 Å². The van der Waals surface area contributed by atoms with Crippen LogP contribution in [-0.4, -0.2) is 37.7 Å². The zero-order valence-corrected chi connectivity index (χ0v) is 12.4. The predicted molar refractivity (Wildman–Crippen MR) is 80.4 cm³/mol. The average Bonchev–Trinajstić information content (AvgIpc) is 3.05. The van der Waals surface area contributed by atoms with E-state index in [0.29, 0.717) is 18.7 Å². The van der Waals surface area contributed by atoms with E-state index in [2.05, 4.69) is 9.97 Å². The van der Waals surface area contributed by atoms with Crippen molar-refractivity contribution in [3.8, 4) is 0 Å². The molecule has 2 aromatic rings. The highest BCUT2D eigenvalue weighted by atomic mass is 16.4. The minimum Gasteiger partial charge on any atom is -0.479 e. The zero-order valence-electron chi connectivity index (χ0n) is 12.4. The number of hydrogen-bond donors (Lipinski definition) is 1. The van der Waals surface area contributed by atoms with Crippen molar-refractivity contribution in [1.29, 1.82) is 0 Å². The van der Waals surface area contributed by atoms with E-state index in [1.165, 1.54) is 0 Å². The van der Waals surface area contributed by atoms with E-state index in [-0.39, 0.29) is 0 Å². The summed E-state index contributed by atoms with van der Waals surface area (Å²) in [6, 6.07) is 1.91. The molecule has 112 valence electrons. The Morgan fingerprint density at radius 1 is 1.48 bits per heavy atom. The van der Waals surface area contributed by atoms with Gasteiger partial charge in [-0.2, -0.15) is 0 Å². The summed E-state index contributed by atoms with van der Waals surface area (Å²) in [4.78, 5) is 22.8. The molecule has 21 heavy (non-hydrogen) atoms. The highest BCUT2D eigenvalue weighted by Crippen LogP contribution is 2.39. The minimum absolute atomic E-state index is 0.632. The third-order valence-corrected chi connectivity index (χ3v) is 4.43. The molecule has 1 aliphatic heterocycles. The topological polar surface area (TPSA) is 71.2 Å². The summed E-state index contributed by atoms with van der Waals surface area (Å²) >= 11 is 0. The molecule has 2 aromatic heterocycles. The normalized spacial score (nSPS) is 22.1. The third kappa shape index (κ3) is 1.97. The van der Waals surface area contributed by atoms with E-state index in [1.807, 2.05) is 29.5 Å². The van der Waals surface area contributed by atoms with E-state index < -0.39 is 11.5 Å². The van der Waals surface area contributed by atoms with Gasteiger partial charge < -0.3 is 14.6 Å². The molecular weight excluding hydrogens is 268 g/mol. The first-order chi connectivity index (χ1) is 10.1. The van der Waals surface area contributed by atoms with Gasteiger partial charge >= 0.3 is 5.97 Å². The van der Waals surface area contributed by atoms with Crippen LogP contribution in [0, 0.1) is 0 Å². The first-order valence-corrected chi connectivity index (χ1v) is 7.37. The van der Waals surface area contributed by atoms with Crippen LogP contribution in [0.4, 0.5) is 5.82 Å². The number of carboxylic acid groups (broad SMARTS) is 1. The molecule has 1 aliphatic rings. The Bertz CT molecular complexity index is 681. The number of hydrogen-bond acceptors (Lipinski definition) is 4. The van der Waals surface area contributed by atoms with Gasteiger partial charge in [-0.3, -0.25) is 0 Å². The molecule has 1 saturated heterocycles. The van der Waals surface area contributed by atoms with Crippen molar-refractivity contribution in [2.75, 3.05) is 11.4 Å². The maximum Gasteiger partial charge on any atom is 0.329 e. The Hall–Kier alpha value is -2.11. The smallest absolute Gasteiger partial charge is 0.329 e. The van der Waals surface area contributed by atoms with Gasteiger partial charge in [-0.05, 0) is 25.3 Å². The van der Waals surface area contributed by atoms with Crippen molar-refractivity contribution in [3.63, 3.8) is 0 Å². The summed E-state index contributed by atoms with van der Waals surface area (Å²) in [6.07, 6.45) is 6.48. The molecular formula is C15H20N4O2. The standard InChI is InChI=1S/C15H20N4O2/c1-3-6-15(14(20)21)7-4-9-19(15)13-12-11(5-8-16-13)18(2)10-17-12/h5,8,10H,3-4,6-7,9H2,1-2H3,(H,20,21). The van der Waals surface area contributed by atoms with Crippen LogP contribution in [0.3, 0.4) is 0 Å². The van der Waals surface area contributed by atoms with Gasteiger partial charge in [0.2, 0.25) is 0 Å². The highest BCUT2D eigenvalue weighted by Gasteiger charge is 2.48. The maximum atomic E-state index is 11.9. The number of carboxylic acids is 1. The monoisotopic (exact) mass is 288 g/mol. The van der Waals surface area contributed by atoms with Gasteiger partial charge in [0.15, 0.2) is 5.82 Å². The van der Waals surface area contributed by atoms with Crippen LogP contribution in [0.2, 0.25) is 0 Å². The van der Waals surface area contributed by atoms with Crippen LogP contribution in [-0.2, 0) is 11.8 Å². The van der Waals surface area contributed by atoms with Crippen LogP contribution in [0.15, 0.2) is 18.6 Å². The van der Waals surface area contributed by atoms with Crippen molar-refractivity contribution in [2.24, 2.45) is 7.05 Å². The number of carbonyl (C=O) groups is 1. The van der Waals surface area contributed by atoms with Crippen LogP contribution in [0.5, 0.6) is 0 Å². The predicted octanol–water partition coefficient (Wildman–Crippen LogP) is 2.19. The molecule has 1 unspecified atom stereocenters. The quantitative estimate of drug-likeness (QED) is 0.933. The van der Waals surface area contributed by atoms with Gasteiger partial charge in [-0.1, -0.05) is 13.3 Å². The largest absolute Gasteiger partial charge is 0.479 e. The van der Waals surface area contributed by atoms with Gasteiger partial charge in [-0.15, -0.1) is 0 Å². The van der Waals surface area contributed by atoms with E-state index in [9.17, 15) is 9.90 Å². The van der Waals surface area contributed by atoms with Crippen molar-refractivity contribution < 1.29 is 9.90 Å². The molecule has 1 atom stereocenters. The molecule has 3 heterocycles. The summed E-state index contributed by atoms with van der Waals surface area (Å²) in [7, 11) is 1.93. The fraction of sp³-hybridized carbons (Fsp3) is 0.533. The lowest BCUT2D eigenvalue weighted by Gasteiger charge is -2.35. The third-order valence-electron chi connectivity index (χ3n) is 4.43. The Morgan fingerprint density at radius 3 is 3.00 bits per heavy atom. The van der Waals surface area contributed by atoms with Crippen LogP contribution >= 0.6 is 0 Å². The molecule has 0 saturated carbocycles. The summed E-state index contributed by atoms with van der Waals surface area (Å²) in [5, 5.41) is 9.81. The fourth-order valence-electron chi connectivity index (χ4n) is 3.44. The summed E-state index contributed by atoms with van der Waals surface area (Å²) in [5.41, 5.74) is 0.916. The summed E-state index contributed by atoms with van der Waals surface area (Å²) < 4.78 is 1.93. The lowest BCUT2D eigenvalue weighted by atomic mass is 9.90. The number of aromatic nitrogens is 3. The number of rotatable bonds is 4. The van der Waals surface area contributed by atoms with Crippen LogP contribution in [0.25, 0.3) is 11.0 Å². The van der Waals surface area contributed by atoms with Crippen molar-refractivity contribution in [3.05, 3.63) is 18.6 Å². The molecule has 1 N–H and O–H groups in total. The number of fused-ring (bicyclic) bond motifs is 1. The van der Waals surface area contributed by atoms with Gasteiger partial charge in [0.25, 0.3) is 0 Å². The first-order valence-electron chi connectivity index (χ1n) is 7.37. The fourth-order valence-corrected chi connectivity index (χ4v) is 3.44. The number of pyridine rings is 1. The second kappa shape index (κ2) is 5.02.